The van der Waals surface area contributed by atoms with Crippen molar-refractivity contribution in [1.82, 2.24) is 0 Å². The molecule has 0 spiro atoms. The zero-order valence-corrected chi connectivity index (χ0v) is 9.04. The Morgan fingerprint density at radius 1 is 1.54 bits per heavy atom. The Kier molecular flexibility index (Phi) is 3.16. The van der Waals surface area contributed by atoms with Gasteiger partial charge in [0, 0.05) is 0 Å². The predicted molar refractivity (Wildman–Crippen MR) is 51.1 cm³/mol. The molecule has 1 N–H and O–H groups in total. The van der Waals surface area contributed by atoms with E-state index >= 15 is 0 Å². The van der Waals surface area contributed by atoms with E-state index in [0.29, 0.717) is 0 Å². The van der Waals surface area contributed by atoms with Crippen LogP contribution in [0, 0.1) is 5.82 Å². The third-order valence-corrected chi connectivity index (χ3v) is 3.09. The zero-order chi connectivity index (χ0) is 10.2. The fourth-order valence-electron chi connectivity index (χ4n) is 0.728. The van der Waals surface area contributed by atoms with Crippen molar-refractivity contribution in [2.45, 2.75) is 0 Å². The smallest absolute Gasteiger partial charge is 0.338 e. The van der Waals surface area contributed by atoms with Crippen molar-refractivity contribution in [3.05, 3.63) is 32.0 Å². The summed E-state index contributed by atoms with van der Waals surface area (Å²) in [7, 11) is 0. The van der Waals surface area contributed by atoms with Gasteiger partial charge in [-0.2, -0.15) is 0 Å². The SMILES string of the molecule is O=C(O)c1cc(Cl)c(Cl)c(Br)c1F. The number of carbonyl (C=O) groups is 1. The van der Waals surface area contributed by atoms with Gasteiger partial charge in [-0.25, -0.2) is 9.18 Å². The molecule has 0 aliphatic carbocycles. The second kappa shape index (κ2) is 3.82. The van der Waals surface area contributed by atoms with Crippen LogP contribution in [0.1, 0.15) is 10.4 Å². The first-order valence-corrected chi connectivity index (χ1v) is 4.56. The van der Waals surface area contributed by atoms with E-state index in [1.807, 2.05) is 0 Å². The lowest BCUT2D eigenvalue weighted by Crippen LogP contribution is -2.01. The lowest BCUT2D eigenvalue weighted by molar-refractivity contribution is 0.0691. The van der Waals surface area contributed by atoms with Gasteiger partial charge in [-0.3, -0.25) is 0 Å². The Morgan fingerprint density at radius 3 is 2.54 bits per heavy atom. The van der Waals surface area contributed by atoms with E-state index in [-0.39, 0.29) is 14.5 Å². The topological polar surface area (TPSA) is 37.3 Å². The molecule has 0 fully saturated rings. The number of carboxylic acid groups (broad SMARTS) is 1. The number of carboxylic acids is 1. The zero-order valence-electron chi connectivity index (χ0n) is 5.94. The van der Waals surface area contributed by atoms with E-state index in [0.717, 1.165) is 6.07 Å². The predicted octanol–water partition coefficient (Wildman–Crippen LogP) is 3.59. The minimum atomic E-state index is -1.39. The molecule has 0 atom stereocenters. The summed E-state index contributed by atoms with van der Waals surface area (Å²) in [4.78, 5) is 10.5. The lowest BCUT2D eigenvalue weighted by atomic mass is 10.2. The summed E-state index contributed by atoms with van der Waals surface area (Å²) in [6, 6.07) is 0.965. The van der Waals surface area contributed by atoms with Crippen LogP contribution in [0.5, 0.6) is 0 Å². The first-order valence-electron chi connectivity index (χ1n) is 3.01. The first-order chi connectivity index (χ1) is 5.95. The van der Waals surface area contributed by atoms with Crippen molar-refractivity contribution < 1.29 is 14.3 Å². The highest BCUT2D eigenvalue weighted by molar-refractivity contribution is 9.10. The molecule has 0 unspecified atom stereocenters. The minimum Gasteiger partial charge on any atom is -0.478 e. The van der Waals surface area contributed by atoms with E-state index in [4.69, 9.17) is 28.3 Å². The van der Waals surface area contributed by atoms with E-state index in [2.05, 4.69) is 15.9 Å². The van der Waals surface area contributed by atoms with Gasteiger partial charge in [-0.05, 0) is 22.0 Å². The van der Waals surface area contributed by atoms with Gasteiger partial charge in [0.25, 0.3) is 0 Å². The Hall–Kier alpha value is -0.320. The molecule has 6 heteroatoms. The fraction of sp³-hybridized carbons (Fsp3) is 0. The highest BCUT2D eigenvalue weighted by Crippen LogP contribution is 2.34. The normalized spacial score (nSPS) is 10.2. The number of aromatic carboxylic acids is 1. The Bertz CT molecular complexity index is 381. The second-order valence-electron chi connectivity index (χ2n) is 2.15. The standard InChI is InChI=1S/C7H2BrCl2FO2/c8-4-5(10)3(9)1-2(6(4)11)7(12)13/h1H,(H,12,13). The summed E-state index contributed by atoms with van der Waals surface area (Å²) in [6.07, 6.45) is 0. The van der Waals surface area contributed by atoms with Crippen molar-refractivity contribution in [2.75, 3.05) is 0 Å². The van der Waals surface area contributed by atoms with Gasteiger partial charge in [-0.1, -0.05) is 23.2 Å². The number of halogens is 4. The molecule has 0 radical (unpaired) electrons. The van der Waals surface area contributed by atoms with Crippen LogP contribution in [-0.4, -0.2) is 11.1 Å². The molecule has 1 aromatic carbocycles. The van der Waals surface area contributed by atoms with Crippen LogP contribution in [0.25, 0.3) is 0 Å². The van der Waals surface area contributed by atoms with Crippen LogP contribution in [0.15, 0.2) is 10.5 Å². The van der Waals surface area contributed by atoms with Crippen molar-refractivity contribution >= 4 is 45.1 Å². The lowest BCUT2D eigenvalue weighted by Gasteiger charge is -2.03. The van der Waals surface area contributed by atoms with Crippen LogP contribution in [0.3, 0.4) is 0 Å². The van der Waals surface area contributed by atoms with Crippen LogP contribution >= 0.6 is 39.1 Å². The van der Waals surface area contributed by atoms with Crippen molar-refractivity contribution in [1.29, 1.82) is 0 Å². The molecule has 0 aliphatic heterocycles. The molecule has 0 saturated heterocycles. The van der Waals surface area contributed by atoms with Gasteiger partial charge in [0.2, 0.25) is 0 Å². The average molecular weight is 288 g/mol. The van der Waals surface area contributed by atoms with Gasteiger partial charge >= 0.3 is 5.97 Å². The molecule has 0 saturated carbocycles. The van der Waals surface area contributed by atoms with Crippen LogP contribution < -0.4 is 0 Å². The van der Waals surface area contributed by atoms with Gasteiger partial charge in [0.05, 0.1) is 20.1 Å². The highest BCUT2D eigenvalue weighted by Gasteiger charge is 2.18. The largest absolute Gasteiger partial charge is 0.478 e. The summed E-state index contributed by atoms with van der Waals surface area (Å²) in [5.74, 6) is -2.32. The van der Waals surface area contributed by atoms with Crippen molar-refractivity contribution in [2.24, 2.45) is 0 Å². The molecular weight excluding hydrogens is 286 g/mol. The Balaban J connectivity index is 3.50. The fourth-order valence-corrected chi connectivity index (χ4v) is 1.61. The maximum atomic E-state index is 13.1. The molecule has 13 heavy (non-hydrogen) atoms. The molecular formula is C7H2BrCl2FO2. The molecule has 70 valence electrons. The number of benzene rings is 1. The van der Waals surface area contributed by atoms with E-state index in [9.17, 15) is 9.18 Å². The molecule has 1 rings (SSSR count). The van der Waals surface area contributed by atoms with E-state index in [1.54, 1.807) is 0 Å². The van der Waals surface area contributed by atoms with Gasteiger partial charge in [-0.15, -0.1) is 0 Å². The third kappa shape index (κ3) is 1.95. The molecule has 0 heterocycles. The second-order valence-corrected chi connectivity index (χ2v) is 3.73. The van der Waals surface area contributed by atoms with Gasteiger partial charge in [0.15, 0.2) is 5.82 Å². The maximum Gasteiger partial charge on any atom is 0.338 e. The minimum absolute atomic E-state index is 0.00709. The summed E-state index contributed by atoms with van der Waals surface area (Å²) >= 11 is 13.9. The van der Waals surface area contributed by atoms with Crippen LogP contribution in [-0.2, 0) is 0 Å². The molecule has 2 nitrogen and oxygen atoms in total. The van der Waals surface area contributed by atoms with Gasteiger partial charge < -0.3 is 5.11 Å². The number of rotatable bonds is 1. The van der Waals surface area contributed by atoms with Crippen molar-refractivity contribution in [3.63, 3.8) is 0 Å². The number of hydrogen-bond acceptors (Lipinski definition) is 1. The van der Waals surface area contributed by atoms with Crippen LogP contribution in [0.2, 0.25) is 10.0 Å². The van der Waals surface area contributed by atoms with Gasteiger partial charge in [0.1, 0.15) is 0 Å². The van der Waals surface area contributed by atoms with E-state index < -0.39 is 17.3 Å². The number of hydrogen-bond donors (Lipinski definition) is 1. The van der Waals surface area contributed by atoms with E-state index in [1.165, 1.54) is 0 Å². The molecule has 0 bridgehead atoms. The highest BCUT2D eigenvalue weighted by atomic mass is 79.9. The summed E-state index contributed by atoms with van der Waals surface area (Å²) < 4.78 is 13.0. The monoisotopic (exact) mass is 286 g/mol. The third-order valence-electron chi connectivity index (χ3n) is 1.33. The molecule has 0 aromatic heterocycles. The Morgan fingerprint density at radius 2 is 2.08 bits per heavy atom. The summed E-state index contributed by atoms with van der Waals surface area (Å²) in [6.45, 7) is 0. The summed E-state index contributed by atoms with van der Waals surface area (Å²) in [5, 5.41) is 8.50. The molecule has 0 aliphatic rings. The quantitative estimate of drug-likeness (QED) is 0.633. The maximum absolute atomic E-state index is 13.1. The first kappa shape index (κ1) is 10.8. The average Bonchev–Trinajstić information content (AvgIpc) is 2.07. The van der Waals surface area contributed by atoms with Crippen LogP contribution in [0.4, 0.5) is 4.39 Å². The van der Waals surface area contributed by atoms with Crippen molar-refractivity contribution in [3.8, 4) is 0 Å². The summed E-state index contributed by atoms with van der Waals surface area (Å²) in [5.41, 5.74) is -0.513. The molecule has 0 amide bonds. The molecule has 1 aromatic rings. The Labute approximate surface area is 91.4 Å².